The second-order valence-electron chi connectivity index (χ2n) is 8.54. The first-order chi connectivity index (χ1) is 17.2. The topological polar surface area (TPSA) is 124 Å². The highest BCUT2D eigenvalue weighted by Crippen LogP contribution is 2.26. The second kappa shape index (κ2) is 11.0. The number of thiazole rings is 1. The van der Waals surface area contributed by atoms with Gasteiger partial charge in [0.05, 0.1) is 26.6 Å². The fourth-order valence-corrected chi connectivity index (χ4v) is 7.05. The van der Waals surface area contributed by atoms with Crippen LogP contribution in [0.3, 0.4) is 0 Å². The lowest BCUT2D eigenvalue weighted by Crippen LogP contribution is -2.41. The molecule has 1 unspecified atom stereocenters. The first-order valence-corrected chi connectivity index (χ1v) is 14.0. The van der Waals surface area contributed by atoms with Crippen molar-refractivity contribution >= 4 is 43.2 Å². The number of hydrogen-bond donors (Lipinski definition) is 0. The van der Waals surface area contributed by atoms with E-state index in [9.17, 15) is 23.3 Å². The molecule has 12 heteroatoms. The summed E-state index contributed by atoms with van der Waals surface area (Å²) < 4.78 is 35.5. The highest BCUT2D eigenvalue weighted by Gasteiger charge is 2.31. The summed E-state index contributed by atoms with van der Waals surface area (Å²) in [5.41, 5.74) is 0.924. The number of nitro groups is 1. The van der Waals surface area contributed by atoms with Gasteiger partial charge in [0.15, 0.2) is 4.80 Å². The molecule has 1 atom stereocenters. The van der Waals surface area contributed by atoms with E-state index < -0.39 is 20.9 Å². The van der Waals surface area contributed by atoms with Crippen molar-refractivity contribution in [2.24, 2.45) is 4.99 Å². The molecule has 1 aromatic heterocycles. The number of nitro benzene ring substituents is 1. The first kappa shape index (κ1) is 26.1. The molecule has 192 valence electrons. The Hall–Kier alpha value is -2.93. The van der Waals surface area contributed by atoms with E-state index in [1.807, 2.05) is 13.8 Å². The summed E-state index contributed by atoms with van der Waals surface area (Å²) in [6.45, 7) is 5.62. The molecular weight excluding hydrogens is 504 g/mol. The second-order valence-corrected chi connectivity index (χ2v) is 11.4. The number of piperidine rings is 1. The van der Waals surface area contributed by atoms with E-state index in [1.165, 1.54) is 52.0 Å². The summed E-state index contributed by atoms with van der Waals surface area (Å²) in [6, 6.07) is 10.3. The summed E-state index contributed by atoms with van der Waals surface area (Å²) >= 11 is 1.18. The zero-order valence-corrected chi connectivity index (χ0v) is 21.8. The van der Waals surface area contributed by atoms with E-state index in [0.717, 1.165) is 19.3 Å². The molecule has 0 spiro atoms. The Morgan fingerprint density at radius 3 is 2.64 bits per heavy atom. The van der Waals surface area contributed by atoms with Crippen LogP contribution in [0.2, 0.25) is 0 Å². The van der Waals surface area contributed by atoms with Crippen LogP contribution in [0.25, 0.3) is 10.2 Å². The SMILES string of the molecule is CCOCCn1c(=NC(=O)c2ccc(S(=O)(=O)N3CCCCC3C)cc2)sc2cc([N+](=O)[O-])ccc21. The molecular formula is C24H28N4O6S2. The van der Waals surface area contributed by atoms with E-state index in [2.05, 4.69) is 4.99 Å². The molecule has 0 N–H and O–H groups in total. The summed E-state index contributed by atoms with van der Waals surface area (Å²) in [6.07, 6.45) is 2.68. The Labute approximate surface area is 213 Å². The molecule has 1 amide bonds. The van der Waals surface area contributed by atoms with Gasteiger partial charge in [0, 0.05) is 43.4 Å². The number of fused-ring (bicyclic) bond motifs is 1. The van der Waals surface area contributed by atoms with Gasteiger partial charge in [-0.1, -0.05) is 17.8 Å². The predicted molar refractivity (Wildman–Crippen MR) is 137 cm³/mol. The fourth-order valence-electron chi connectivity index (χ4n) is 4.26. The third-order valence-corrected chi connectivity index (χ3v) is 9.26. The number of hydrogen-bond acceptors (Lipinski definition) is 7. The lowest BCUT2D eigenvalue weighted by Gasteiger charge is -2.32. The normalized spacial score (nSPS) is 17.5. The Balaban J connectivity index is 1.66. The van der Waals surface area contributed by atoms with Crippen molar-refractivity contribution in [3.63, 3.8) is 0 Å². The lowest BCUT2D eigenvalue weighted by molar-refractivity contribution is -0.384. The molecule has 0 saturated carbocycles. The van der Waals surface area contributed by atoms with E-state index in [-0.39, 0.29) is 22.2 Å². The van der Waals surface area contributed by atoms with Crippen molar-refractivity contribution in [1.82, 2.24) is 8.87 Å². The molecule has 3 aromatic rings. The van der Waals surface area contributed by atoms with Crippen LogP contribution in [0.5, 0.6) is 0 Å². The Kier molecular flexibility index (Phi) is 7.98. The lowest BCUT2D eigenvalue weighted by atomic mass is 10.1. The molecule has 0 aliphatic carbocycles. The van der Waals surface area contributed by atoms with Gasteiger partial charge in [-0.05, 0) is 57.0 Å². The Morgan fingerprint density at radius 1 is 1.22 bits per heavy atom. The van der Waals surface area contributed by atoms with E-state index in [4.69, 9.17) is 4.74 Å². The zero-order valence-electron chi connectivity index (χ0n) is 20.1. The monoisotopic (exact) mass is 532 g/mol. The van der Waals surface area contributed by atoms with Gasteiger partial charge in [0.1, 0.15) is 0 Å². The minimum atomic E-state index is -3.64. The van der Waals surface area contributed by atoms with Crippen LogP contribution in [0.1, 0.15) is 43.5 Å². The van der Waals surface area contributed by atoms with Crippen molar-refractivity contribution < 1.29 is 22.9 Å². The molecule has 1 fully saturated rings. The third kappa shape index (κ3) is 5.41. The molecule has 2 aromatic carbocycles. The number of sulfonamides is 1. The molecule has 1 aliphatic rings. The standard InChI is InChI=1S/C24H28N4O6S2/c1-3-34-15-14-26-21-12-9-19(28(30)31)16-22(21)35-24(26)25-23(29)18-7-10-20(11-8-18)36(32,33)27-13-5-4-6-17(27)2/h7-12,16-17H,3-6,13-15H2,1-2H3. The number of carbonyl (C=O) groups is 1. The summed E-state index contributed by atoms with van der Waals surface area (Å²) in [5.74, 6) is -0.531. The van der Waals surface area contributed by atoms with Crippen LogP contribution in [0.4, 0.5) is 5.69 Å². The van der Waals surface area contributed by atoms with Gasteiger partial charge in [-0.2, -0.15) is 9.30 Å². The van der Waals surface area contributed by atoms with Crippen molar-refractivity contribution in [2.45, 2.75) is 50.6 Å². The molecule has 0 radical (unpaired) electrons. The van der Waals surface area contributed by atoms with Gasteiger partial charge in [-0.15, -0.1) is 0 Å². The summed E-state index contributed by atoms with van der Waals surface area (Å²) in [5, 5.41) is 11.2. The van der Waals surface area contributed by atoms with Crippen molar-refractivity contribution in [2.75, 3.05) is 19.8 Å². The predicted octanol–water partition coefficient (Wildman–Crippen LogP) is 3.95. The van der Waals surface area contributed by atoms with Crippen LogP contribution < -0.4 is 4.80 Å². The maximum atomic E-state index is 13.1. The molecule has 1 aliphatic heterocycles. The van der Waals surface area contributed by atoms with Gasteiger partial charge < -0.3 is 9.30 Å². The quantitative estimate of drug-likeness (QED) is 0.246. The van der Waals surface area contributed by atoms with E-state index in [1.54, 1.807) is 10.6 Å². The Morgan fingerprint density at radius 2 is 1.97 bits per heavy atom. The number of amides is 1. The fraction of sp³-hybridized carbons (Fsp3) is 0.417. The number of non-ortho nitro benzene ring substituents is 1. The molecule has 1 saturated heterocycles. The average molecular weight is 533 g/mol. The number of carbonyl (C=O) groups excluding carboxylic acids is 1. The number of rotatable bonds is 8. The van der Waals surface area contributed by atoms with Crippen LogP contribution in [-0.2, 0) is 21.3 Å². The number of aromatic nitrogens is 1. The van der Waals surface area contributed by atoms with Gasteiger partial charge in [0.25, 0.3) is 11.6 Å². The Bertz CT molecular complexity index is 1440. The van der Waals surface area contributed by atoms with Gasteiger partial charge in [-0.3, -0.25) is 14.9 Å². The van der Waals surface area contributed by atoms with Crippen LogP contribution in [0.15, 0.2) is 52.4 Å². The van der Waals surface area contributed by atoms with E-state index in [0.29, 0.717) is 41.3 Å². The minimum absolute atomic E-state index is 0.0431. The summed E-state index contributed by atoms with van der Waals surface area (Å²) in [4.78, 5) is 28.5. The highest BCUT2D eigenvalue weighted by molar-refractivity contribution is 7.89. The smallest absolute Gasteiger partial charge is 0.279 e. The molecule has 2 heterocycles. The molecule has 4 rings (SSSR count). The van der Waals surface area contributed by atoms with E-state index >= 15 is 0 Å². The zero-order chi connectivity index (χ0) is 25.9. The van der Waals surface area contributed by atoms with Crippen molar-refractivity contribution in [3.05, 3.63) is 62.9 Å². The van der Waals surface area contributed by atoms with Gasteiger partial charge >= 0.3 is 0 Å². The van der Waals surface area contributed by atoms with Crippen LogP contribution in [0, 0.1) is 10.1 Å². The average Bonchev–Trinajstić information content (AvgIpc) is 3.20. The van der Waals surface area contributed by atoms with Gasteiger partial charge in [0.2, 0.25) is 10.0 Å². The molecule has 10 nitrogen and oxygen atoms in total. The van der Waals surface area contributed by atoms with Crippen LogP contribution in [-0.4, -0.2) is 53.9 Å². The maximum Gasteiger partial charge on any atom is 0.279 e. The number of ether oxygens (including phenoxy) is 1. The van der Waals surface area contributed by atoms with Gasteiger partial charge in [-0.25, -0.2) is 8.42 Å². The van der Waals surface area contributed by atoms with Crippen molar-refractivity contribution in [3.8, 4) is 0 Å². The molecule has 36 heavy (non-hydrogen) atoms. The molecule has 0 bridgehead atoms. The summed E-state index contributed by atoms with van der Waals surface area (Å²) in [7, 11) is -3.64. The first-order valence-electron chi connectivity index (χ1n) is 11.8. The van der Waals surface area contributed by atoms with Crippen molar-refractivity contribution in [1.29, 1.82) is 0 Å². The highest BCUT2D eigenvalue weighted by atomic mass is 32.2. The van der Waals surface area contributed by atoms with Crippen LogP contribution >= 0.6 is 11.3 Å². The largest absolute Gasteiger partial charge is 0.380 e. The maximum absolute atomic E-state index is 13.1. The number of benzene rings is 2. The third-order valence-electron chi connectivity index (χ3n) is 6.19. The minimum Gasteiger partial charge on any atom is -0.380 e. The number of nitrogens with zero attached hydrogens (tertiary/aromatic N) is 4.